The van der Waals surface area contributed by atoms with E-state index in [0.717, 1.165) is 30.6 Å². The summed E-state index contributed by atoms with van der Waals surface area (Å²) in [7, 11) is 0. The van der Waals surface area contributed by atoms with Gasteiger partial charge >= 0.3 is 0 Å². The topological polar surface area (TPSA) is 40.5 Å². The lowest BCUT2D eigenvalue weighted by Gasteiger charge is -2.42. The van der Waals surface area contributed by atoms with Crippen molar-refractivity contribution in [3.05, 3.63) is 59.7 Å². The first-order chi connectivity index (χ1) is 11.6. The van der Waals surface area contributed by atoms with Gasteiger partial charge in [0.2, 0.25) is 5.91 Å². The first-order valence-electron chi connectivity index (χ1n) is 8.71. The molecular formula is C21H25NO2. The fourth-order valence-electron chi connectivity index (χ4n) is 3.68. The number of hydrogen-bond acceptors (Lipinski definition) is 2. The zero-order valence-corrected chi connectivity index (χ0v) is 14.5. The third-order valence-corrected chi connectivity index (χ3v) is 5.20. The monoisotopic (exact) mass is 323 g/mol. The van der Waals surface area contributed by atoms with Crippen LogP contribution in [0.1, 0.15) is 37.3 Å². The Kier molecular flexibility index (Phi) is 4.72. The van der Waals surface area contributed by atoms with E-state index < -0.39 is 5.41 Å². The van der Waals surface area contributed by atoms with Gasteiger partial charge < -0.3 is 5.11 Å². The second-order valence-corrected chi connectivity index (χ2v) is 6.74. The predicted molar refractivity (Wildman–Crippen MR) is 97.5 cm³/mol. The summed E-state index contributed by atoms with van der Waals surface area (Å²) in [5.41, 5.74) is 3.86. The molecule has 0 spiro atoms. The summed E-state index contributed by atoms with van der Waals surface area (Å²) in [6.45, 7) is 4.26. The van der Waals surface area contributed by atoms with Gasteiger partial charge in [0.1, 0.15) is 0 Å². The first-order valence-corrected chi connectivity index (χ1v) is 8.71. The molecule has 1 N–H and O–H groups in total. The molecule has 1 aliphatic heterocycles. The van der Waals surface area contributed by atoms with Crippen molar-refractivity contribution in [3.63, 3.8) is 0 Å². The SMILES string of the molecule is CCC1(CCCO)Cc2ccccc2N(c2ccc(C)cc2)C1=O. The van der Waals surface area contributed by atoms with Crippen LogP contribution in [0.15, 0.2) is 48.5 Å². The van der Waals surface area contributed by atoms with Crippen molar-refractivity contribution in [1.29, 1.82) is 0 Å². The van der Waals surface area contributed by atoms with Crippen LogP contribution in [0.25, 0.3) is 0 Å². The number of hydrogen-bond donors (Lipinski definition) is 1. The molecule has 3 rings (SSSR count). The number of para-hydroxylation sites is 1. The second-order valence-electron chi connectivity index (χ2n) is 6.74. The molecule has 2 aromatic carbocycles. The highest BCUT2D eigenvalue weighted by Crippen LogP contribution is 2.45. The van der Waals surface area contributed by atoms with Crippen LogP contribution in [-0.2, 0) is 11.2 Å². The molecule has 2 aromatic rings. The van der Waals surface area contributed by atoms with E-state index in [0.29, 0.717) is 6.42 Å². The van der Waals surface area contributed by atoms with Gasteiger partial charge in [0.25, 0.3) is 0 Å². The maximum Gasteiger partial charge on any atom is 0.238 e. The number of carbonyl (C=O) groups is 1. The van der Waals surface area contributed by atoms with Crippen LogP contribution in [-0.4, -0.2) is 17.6 Å². The fraction of sp³-hybridized carbons (Fsp3) is 0.381. The largest absolute Gasteiger partial charge is 0.396 e. The molecule has 1 aliphatic rings. The van der Waals surface area contributed by atoms with Gasteiger partial charge in [-0.25, -0.2) is 0 Å². The molecule has 24 heavy (non-hydrogen) atoms. The van der Waals surface area contributed by atoms with Crippen LogP contribution in [0.5, 0.6) is 0 Å². The summed E-state index contributed by atoms with van der Waals surface area (Å²) in [6.07, 6.45) is 2.91. The van der Waals surface area contributed by atoms with Crippen LogP contribution < -0.4 is 4.90 Å². The van der Waals surface area contributed by atoms with E-state index in [9.17, 15) is 9.90 Å². The molecule has 3 nitrogen and oxygen atoms in total. The molecule has 1 atom stereocenters. The van der Waals surface area contributed by atoms with Gasteiger partial charge in [-0.3, -0.25) is 9.69 Å². The third-order valence-electron chi connectivity index (χ3n) is 5.20. The molecule has 1 unspecified atom stereocenters. The van der Waals surface area contributed by atoms with E-state index in [4.69, 9.17) is 0 Å². The number of nitrogens with zero attached hydrogens (tertiary/aromatic N) is 1. The Balaban J connectivity index is 2.11. The highest BCUT2D eigenvalue weighted by molar-refractivity contribution is 6.06. The molecule has 0 saturated carbocycles. The van der Waals surface area contributed by atoms with Crippen LogP contribution in [0.4, 0.5) is 11.4 Å². The normalized spacial score (nSPS) is 20.1. The minimum absolute atomic E-state index is 0.126. The quantitative estimate of drug-likeness (QED) is 0.887. The van der Waals surface area contributed by atoms with Gasteiger partial charge in [-0.15, -0.1) is 0 Å². The number of rotatable bonds is 5. The minimum atomic E-state index is -0.429. The van der Waals surface area contributed by atoms with Crippen LogP contribution in [0.2, 0.25) is 0 Å². The number of anilines is 2. The van der Waals surface area contributed by atoms with Crippen molar-refractivity contribution < 1.29 is 9.90 Å². The standard InChI is InChI=1S/C21H25NO2/c1-3-21(13-6-14-23)15-17-7-4-5-8-19(17)22(20(21)24)18-11-9-16(2)10-12-18/h4-5,7-12,23H,3,6,13-15H2,1-2H3. The van der Waals surface area contributed by atoms with E-state index in [2.05, 4.69) is 13.0 Å². The Hall–Kier alpha value is -2.13. The molecule has 3 heteroatoms. The summed E-state index contributed by atoms with van der Waals surface area (Å²) in [5, 5.41) is 9.28. The average molecular weight is 323 g/mol. The summed E-state index contributed by atoms with van der Waals surface area (Å²) >= 11 is 0. The van der Waals surface area contributed by atoms with Crippen molar-refractivity contribution in [2.75, 3.05) is 11.5 Å². The van der Waals surface area contributed by atoms with Gasteiger partial charge in [0.15, 0.2) is 0 Å². The van der Waals surface area contributed by atoms with Gasteiger partial charge in [0.05, 0.1) is 11.1 Å². The lowest BCUT2D eigenvalue weighted by Crippen LogP contribution is -2.47. The second kappa shape index (κ2) is 6.78. The maximum absolute atomic E-state index is 13.5. The number of aliphatic hydroxyl groups excluding tert-OH is 1. The number of aryl methyl sites for hydroxylation is 1. The molecule has 0 aromatic heterocycles. The number of fused-ring (bicyclic) bond motifs is 1. The Morgan fingerprint density at radius 1 is 1.12 bits per heavy atom. The van der Waals surface area contributed by atoms with Crippen LogP contribution in [0.3, 0.4) is 0 Å². The van der Waals surface area contributed by atoms with Crippen LogP contribution >= 0.6 is 0 Å². The summed E-state index contributed by atoms with van der Waals surface area (Å²) in [6, 6.07) is 16.3. The molecule has 0 aliphatic carbocycles. The number of benzene rings is 2. The third kappa shape index (κ3) is 2.84. The maximum atomic E-state index is 13.5. The lowest BCUT2D eigenvalue weighted by atomic mass is 9.71. The Morgan fingerprint density at radius 2 is 1.83 bits per heavy atom. The van der Waals surface area contributed by atoms with Gasteiger partial charge in [-0.2, -0.15) is 0 Å². The molecule has 0 saturated heterocycles. The van der Waals surface area contributed by atoms with Gasteiger partial charge in [-0.05, 0) is 56.4 Å². The molecule has 0 radical (unpaired) electrons. The zero-order valence-electron chi connectivity index (χ0n) is 14.5. The van der Waals surface area contributed by atoms with Crippen molar-refractivity contribution in [3.8, 4) is 0 Å². The van der Waals surface area contributed by atoms with Crippen molar-refractivity contribution in [2.45, 2.75) is 39.5 Å². The number of aliphatic hydroxyl groups is 1. The molecular weight excluding hydrogens is 298 g/mol. The number of carbonyl (C=O) groups excluding carboxylic acids is 1. The first kappa shape index (κ1) is 16.7. The number of amides is 1. The molecule has 0 fully saturated rings. The molecule has 1 amide bonds. The lowest BCUT2D eigenvalue weighted by molar-refractivity contribution is -0.129. The van der Waals surface area contributed by atoms with Crippen molar-refractivity contribution >= 4 is 17.3 Å². The summed E-state index contributed by atoms with van der Waals surface area (Å²) in [4.78, 5) is 15.4. The Morgan fingerprint density at radius 3 is 2.50 bits per heavy atom. The smallest absolute Gasteiger partial charge is 0.238 e. The Labute approximate surface area is 143 Å². The van der Waals surface area contributed by atoms with Crippen molar-refractivity contribution in [2.24, 2.45) is 5.41 Å². The van der Waals surface area contributed by atoms with E-state index in [1.54, 1.807) is 0 Å². The highest BCUT2D eigenvalue weighted by Gasteiger charge is 2.44. The van der Waals surface area contributed by atoms with E-state index in [-0.39, 0.29) is 12.5 Å². The fourth-order valence-corrected chi connectivity index (χ4v) is 3.68. The summed E-state index contributed by atoms with van der Waals surface area (Å²) in [5.74, 6) is 0.154. The molecule has 126 valence electrons. The van der Waals surface area contributed by atoms with E-state index >= 15 is 0 Å². The van der Waals surface area contributed by atoms with Gasteiger partial charge in [-0.1, -0.05) is 42.8 Å². The van der Waals surface area contributed by atoms with Gasteiger partial charge in [0, 0.05) is 12.3 Å². The van der Waals surface area contributed by atoms with E-state index in [1.165, 1.54) is 11.1 Å². The highest BCUT2D eigenvalue weighted by atomic mass is 16.3. The zero-order chi connectivity index (χ0) is 17.2. The summed E-state index contributed by atoms with van der Waals surface area (Å²) < 4.78 is 0. The molecule has 1 heterocycles. The minimum Gasteiger partial charge on any atom is -0.396 e. The Bertz CT molecular complexity index is 723. The van der Waals surface area contributed by atoms with Crippen molar-refractivity contribution in [1.82, 2.24) is 0 Å². The average Bonchev–Trinajstić information content (AvgIpc) is 2.61. The molecule has 0 bridgehead atoms. The van der Waals surface area contributed by atoms with Crippen LogP contribution in [0, 0.1) is 12.3 Å². The predicted octanol–water partition coefficient (Wildman–Crippen LogP) is 4.38. The van der Waals surface area contributed by atoms with E-state index in [1.807, 2.05) is 54.3 Å².